The van der Waals surface area contributed by atoms with Gasteiger partial charge in [0, 0.05) is 55.5 Å². The number of rotatable bonds is 3. The largest absolute Gasteiger partial charge is 0.354 e. The van der Waals surface area contributed by atoms with E-state index in [1.165, 1.54) is 11.3 Å². The van der Waals surface area contributed by atoms with Crippen LogP contribution >= 0.6 is 11.3 Å². The van der Waals surface area contributed by atoms with E-state index in [0.29, 0.717) is 0 Å². The molecule has 0 saturated carbocycles. The van der Waals surface area contributed by atoms with E-state index in [0.717, 1.165) is 62.5 Å². The minimum absolute atomic E-state index is 0.0482. The van der Waals surface area contributed by atoms with Gasteiger partial charge in [0.15, 0.2) is 5.82 Å². The van der Waals surface area contributed by atoms with Crippen LogP contribution in [-0.2, 0) is 0 Å². The molecule has 7 heteroatoms. The van der Waals surface area contributed by atoms with Crippen molar-refractivity contribution in [1.82, 2.24) is 20.1 Å². The lowest BCUT2D eigenvalue weighted by Crippen LogP contribution is -2.24. The summed E-state index contributed by atoms with van der Waals surface area (Å²) in [4.78, 5) is 23.1. The predicted octanol–water partition coefficient (Wildman–Crippen LogP) is 4.24. The molecule has 4 aromatic rings. The van der Waals surface area contributed by atoms with Crippen molar-refractivity contribution in [2.75, 3.05) is 32.1 Å². The maximum atomic E-state index is 12.9. The number of benzene rings is 1. The number of nitrogens with zero attached hydrogens (tertiary/aromatic N) is 5. The Morgan fingerprint density at radius 1 is 1.10 bits per heavy atom. The molecular weight excluding hydrogens is 394 g/mol. The summed E-state index contributed by atoms with van der Waals surface area (Å²) < 4.78 is 0. The maximum Gasteiger partial charge on any atom is 0.263 e. The van der Waals surface area contributed by atoms with Gasteiger partial charge in [-0.15, -0.1) is 16.4 Å². The van der Waals surface area contributed by atoms with E-state index in [4.69, 9.17) is 0 Å². The van der Waals surface area contributed by atoms with Gasteiger partial charge in [0.05, 0.1) is 10.6 Å². The van der Waals surface area contributed by atoms with Crippen LogP contribution in [0, 0.1) is 6.92 Å². The van der Waals surface area contributed by atoms with Gasteiger partial charge in [-0.2, -0.15) is 5.10 Å². The molecule has 30 heavy (non-hydrogen) atoms. The summed E-state index contributed by atoms with van der Waals surface area (Å²) >= 11 is 1.50. The van der Waals surface area contributed by atoms with Crippen LogP contribution in [0.5, 0.6) is 0 Å². The number of amides is 1. The Bertz CT molecular complexity index is 1270. The molecule has 0 bridgehead atoms. The number of carbonyl (C=O) groups is 1. The normalized spacial score (nSPS) is 16.5. The molecule has 0 spiro atoms. The molecule has 5 rings (SSSR count). The zero-order chi connectivity index (χ0) is 20.8. The summed E-state index contributed by atoms with van der Waals surface area (Å²) in [6.07, 6.45) is 2.76. The molecule has 1 aromatic carbocycles. The van der Waals surface area contributed by atoms with Crippen molar-refractivity contribution in [3.05, 3.63) is 58.7 Å². The van der Waals surface area contributed by atoms with Gasteiger partial charge in [0.2, 0.25) is 0 Å². The maximum absolute atomic E-state index is 12.9. The smallest absolute Gasteiger partial charge is 0.263 e. The van der Waals surface area contributed by atoms with E-state index in [-0.39, 0.29) is 11.8 Å². The van der Waals surface area contributed by atoms with Crippen LogP contribution in [-0.4, -0.2) is 53.2 Å². The van der Waals surface area contributed by atoms with Gasteiger partial charge in [-0.25, -0.2) is 4.98 Å². The van der Waals surface area contributed by atoms with Crippen LogP contribution in [0.1, 0.15) is 33.3 Å². The van der Waals surface area contributed by atoms with Gasteiger partial charge in [-0.1, -0.05) is 30.3 Å². The lowest BCUT2D eigenvalue weighted by atomic mass is 9.95. The van der Waals surface area contributed by atoms with E-state index in [1.54, 1.807) is 25.2 Å². The Morgan fingerprint density at radius 3 is 2.67 bits per heavy atom. The molecule has 1 saturated heterocycles. The van der Waals surface area contributed by atoms with Crippen LogP contribution in [0.4, 0.5) is 5.82 Å². The highest BCUT2D eigenvalue weighted by Gasteiger charge is 2.32. The highest BCUT2D eigenvalue weighted by molar-refractivity contribution is 7.20. The summed E-state index contributed by atoms with van der Waals surface area (Å²) in [5.74, 6) is 1.23. The Balaban J connectivity index is 1.56. The summed E-state index contributed by atoms with van der Waals surface area (Å²) in [5.41, 5.74) is 2.08. The minimum Gasteiger partial charge on any atom is -0.354 e. The molecule has 4 heterocycles. The van der Waals surface area contributed by atoms with Gasteiger partial charge in [0.25, 0.3) is 5.91 Å². The number of aromatic nitrogens is 3. The van der Waals surface area contributed by atoms with E-state index in [2.05, 4.69) is 38.3 Å². The third kappa shape index (κ3) is 3.01. The van der Waals surface area contributed by atoms with Crippen LogP contribution in [0.3, 0.4) is 0 Å². The first kappa shape index (κ1) is 18.9. The molecule has 1 fully saturated rings. The molecule has 0 unspecified atom stereocenters. The van der Waals surface area contributed by atoms with Crippen molar-refractivity contribution in [3.8, 4) is 0 Å². The van der Waals surface area contributed by atoms with E-state index in [1.807, 2.05) is 25.1 Å². The second-order valence-electron chi connectivity index (χ2n) is 7.99. The second-order valence-corrected chi connectivity index (χ2v) is 8.99. The van der Waals surface area contributed by atoms with Crippen molar-refractivity contribution >= 4 is 44.1 Å². The first-order valence-electron chi connectivity index (χ1n) is 10.1. The van der Waals surface area contributed by atoms with Crippen LogP contribution in [0.25, 0.3) is 21.0 Å². The zero-order valence-corrected chi connectivity index (χ0v) is 18.1. The van der Waals surface area contributed by atoms with Gasteiger partial charge in [0.1, 0.15) is 4.83 Å². The molecule has 6 nitrogen and oxygen atoms in total. The van der Waals surface area contributed by atoms with Gasteiger partial charge < -0.3 is 9.80 Å². The first-order chi connectivity index (χ1) is 14.5. The number of pyridine rings is 1. The van der Waals surface area contributed by atoms with Gasteiger partial charge in [-0.3, -0.25) is 4.79 Å². The Morgan fingerprint density at radius 2 is 1.87 bits per heavy atom. The number of aryl methyl sites for hydroxylation is 1. The van der Waals surface area contributed by atoms with Crippen LogP contribution in [0.15, 0.2) is 42.6 Å². The number of hydrogen-bond acceptors (Lipinski definition) is 6. The average Bonchev–Trinajstić information content (AvgIpc) is 3.38. The minimum atomic E-state index is 0.0482. The van der Waals surface area contributed by atoms with Crippen molar-refractivity contribution in [2.45, 2.75) is 19.3 Å². The number of hydrogen-bond donors (Lipinski definition) is 0. The topological polar surface area (TPSA) is 62.2 Å². The third-order valence-electron chi connectivity index (χ3n) is 5.85. The van der Waals surface area contributed by atoms with Crippen molar-refractivity contribution in [2.24, 2.45) is 0 Å². The summed E-state index contributed by atoms with van der Waals surface area (Å²) in [5, 5.41) is 12.3. The van der Waals surface area contributed by atoms with E-state index < -0.39 is 0 Å². The monoisotopic (exact) mass is 417 g/mol. The molecule has 1 amide bonds. The Kier molecular flexibility index (Phi) is 4.62. The zero-order valence-electron chi connectivity index (χ0n) is 17.3. The molecular formula is C23H23N5OS. The predicted molar refractivity (Wildman–Crippen MR) is 121 cm³/mol. The van der Waals surface area contributed by atoms with Crippen molar-refractivity contribution in [1.29, 1.82) is 0 Å². The molecule has 3 aromatic heterocycles. The molecule has 1 atom stereocenters. The Hall–Kier alpha value is -3.06. The summed E-state index contributed by atoms with van der Waals surface area (Å²) in [6, 6.07) is 12.3. The van der Waals surface area contributed by atoms with Crippen LogP contribution < -0.4 is 4.90 Å². The molecule has 0 N–H and O–H groups in total. The standard InChI is InChI=1S/C23H23N5OS/c1-14-16-7-4-5-8-17(16)21(26-25-14)28-12-10-15(13-28)19-18-9-6-11-24-22(18)30-20(19)23(29)27(2)3/h4-9,11,15H,10,12-13H2,1-3H3/t15-/m1/s1. The number of carbonyl (C=O) groups excluding carboxylic acids is 1. The number of anilines is 1. The fourth-order valence-corrected chi connectivity index (χ4v) is 5.62. The molecule has 1 aliphatic heterocycles. The number of thiophene rings is 1. The molecule has 0 aliphatic carbocycles. The summed E-state index contributed by atoms with van der Waals surface area (Å²) in [6.45, 7) is 3.70. The van der Waals surface area contributed by atoms with E-state index in [9.17, 15) is 4.79 Å². The van der Waals surface area contributed by atoms with E-state index >= 15 is 0 Å². The van der Waals surface area contributed by atoms with Crippen LogP contribution in [0.2, 0.25) is 0 Å². The van der Waals surface area contributed by atoms with Gasteiger partial charge >= 0.3 is 0 Å². The molecule has 152 valence electrons. The fraction of sp³-hybridized carbons (Fsp3) is 0.304. The molecule has 1 aliphatic rings. The highest BCUT2D eigenvalue weighted by Crippen LogP contribution is 2.41. The third-order valence-corrected chi connectivity index (χ3v) is 6.97. The first-order valence-corrected chi connectivity index (χ1v) is 10.9. The fourth-order valence-electron chi connectivity index (χ4n) is 4.36. The molecule has 0 radical (unpaired) electrons. The second kappa shape index (κ2) is 7.32. The van der Waals surface area contributed by atoms with Crippen molar-refractivity contribution in [3.63, 3.8) is 0 Å². The number of fused-ring (bicyclic) bond motifs is 2. The SMILES string of the molecule is Cc1nnc(N2CC[C@@H](c3c(C(=O)N(C)C)sc4ncccc34)C2)c2ccccc12. The average molecular weight is 418 g/mol. The lowest BCUT2D eigenvalue weighted by molar-refractivity contribution is 0.0831. The quantitative estimate of drug-likeness (QED) is 0.499. The highest BCUT2D eigenvalue weighted by atomic mass is 32.1. The van der Waals surface area contributed by atoms with Crippen molar-refractivity contribution < 1.29 is 4.79 Å². The Labute approximate surface area is 179 Å². The lowest BCUT2D eigenvalue weighted by Gasteiger charge is -2.20. The van der Waals surface area contributed by atoms with Gasteiger partial charge in [-0.05, 0) is 25.0 Å². The summed E-state index contributed by atoms with van der Waals surface area (Å²) in [7, 11) is 3.61.